The highest BCUT2D eigenvalue weighted by molar-refractivity contribution is 7.80. The van der Waals surface area contributed by atoms with Crippen LogP contribution in [0, 0.1) is 5.41 Å². The fourth-order valence-electron chi connectivity index (χ4n) is 3.82. The predicted molar refractivity (Wildman–Crippen MR) is 138 cm³/mol. The van der Waals surface area contributed by atoms with Crippen molar-refractivity contribution in [2.75, 3.05) is 0 Å². The van der Waals surface area contributed by atoms with Crippen molar-refractivity contribution in [3.8, 4) is 0 Å². The predicted octanol–water partition coefficient (Wildman–Crippen LogP) is 4.72. The number of pyridine rings is 1. The van der Waals surface area contributed by atoms with Gasteiger partial charge in [-0.25, -0.2) is 14.6 Å². The molecule has 0 saturated carbocycles. The summed E-state index contributed by atoms with van der Waals surface area (Å²) in [5.74, 6) is -0.497. The zero-order valence-electron chi connectivity index (χ0n) is 20.7. The molecule has 35 heavy (non-hydrogen) atoms. The molecule has 186 valence electrons. The van der Waals surface area contributed by atoms with Crippen molar-refractivity contribution in [3.05, 3.63) is 72.2 Å². The summed E-state index contributed by atoms with van der Waals surface area (Å²) in [6.45, 7) is 9.73. The maximum atomic E-state index is 13.6. The van der Waals surface area contributed by atoms with E-state index in [9.17, 15) is 9.59 Å². The van der Waals surface area contributed by atoms with Crippen molar-refractivity contribution in [1.82, 2.24) is 20.0 Å². The van der Waals surface area contributed by atoms with E-state index in [-0.39, 0.29) is 23.2 Å². The average Bonchev–Trinajstić information content (AvgIpc) is 3.24. The van der Waals surface area contributed by atoms with Crippen molar-refractivity contribution in [2.24, 2.45) is 5.41 Å². The summed E-state index contributed by atoms with van der Waals surface area (Å²) >= 11 is 5.46. The van der Waals surface area contributed by atoms with E-state index in [0.29, 0.717) is 12.0 Å². The van der Waals surface area contributed by atoms with Crippen LogP contribution in [-0.2, 0) is 26.4 Å². The lowest BCUT2D eigenvalue weighted by Gasteiger charge is -2.38. The molecule has 0 unspecified atom stereocenters. The van der Waals surface area contributed by atoms with Crippen LogP contribution in [0.5, 0.6) is 0 Å². The second-order valence-electron chi connectivity index (χ2n) is 9.85. The minimum absolute atomic E-state index is 0.0428. The van der Waals surface area contributed by atoms with Crippen molar-refractivity contribution in [3.63, 3.8) is 0 Å². The number of aromatic nitrogens is 2. The Balaban J connectivity index is 1.90. The van der Waals surface area contributed by atoms with Crippen LogP contribution in [-0.4, -0.2) is 32.7 Å². The Morgan fingerprint density at radius 3 is 2.49 bits per heavy atom. The first-order valence-electron chi connectivity index (χ1n) is 11.4. The topological polar surface area (TPSA) is 94.0 Å². The zero-order chi connectivity index (χ0) is 25.6. The molecule has 2 aromatic heterocycles. The standard InChI is InChI=1S/C26H32N4O4S/c1-18(2)34-22(31)26(17-25(3,4)5,20-11-12-21-27-13-14-30(21)15-20)29-23(35)28-24(32)33-16-19-9-7-6-8-10-19/h6-15,18H,16-17H2,1-5H3,(H2,28,29,32,35)/t26-/m1/s1. The number of hydrogen-bond donors (Lipinski definition) is 2. The van der Waals surface area contributed by atoms with E-state index in [2.05, 4.69) is 15.6 Å². The van der Waals surface area contributed by atoms with Crippen molar-refractivity contribution in [2.45, 2.75) is 59.3 Å². The van der Waals surface area contributed by atoms with Crippen molar-refractivity contribution < 1.29 is 19.1 Å². The molecular formula is C26H32N4O4S. The minimum Gasteiger partial charge on any atom is -0.461 e. The summed E-state index contributed by atoms with van der Waals surface area (Å²) in [5, 5.41) is 5.60. The number of nitrogens with zero attached hydrogens (tertiary/aromatic N) is 2. The Kier molecular flexibility index (Phi) is 8.11. The number of carbonyl (C=O) groups is 2. The van der Waals surface area contributed by atoms with Gasteiger partial charge >= 0.3 is 12.1 Å². The number of imidazole rings is 1. The van der Waals surface area contributed by atoms with Crippen LogP contribution in [0.15, 0.2) is 61.1 Å². The van der Waals surface area contributed by atoms with Gasteiger partial charge in [0.15, 0.2) is 10.7 Å². The number of benzene rings is 1. The molecule has 2 heterocycles. The lowest BCUT2D eigenvalue weighted by molar-refractivity contribution is -0.157. The van der Waals surface area contributed by atoms with Gasteiger partial charge in [0.1, 0.15) is 12.3 Å². The van der Waals surface area contributed by atoms with Crippen LogP contribution in [0.2, 0.25) is 0 Å². The fraction of sp³-hybridized carbons (Fsp3) is 0.385. The first-order valence-corrected chi connectivity index (χ1v) is 11.8. The van der Waals surface area contributed by atoms with Gasteiger partial charge in [-0.15, -0.1) is 0 Å². The number of carbonyl (C=O) groups excluding carboxylic acids is 2. The third-order valence-electron chi connectivity index (χ3n) is 5.12. The number of ether oxygens (including phenoxy) is 2. The van der Waals surface area contributed by atoms with Gasteiger partial charge in [0, 0.05) is 24.2 Å². The van der Waals surface area contributed by atoms with E-state index >= 15 is 0 Å². The van der Waals surface area contributed by atoms with Gasteiger partial charge in [-0.3, -0.25) is 5.32 Å². The molecule has 2 N–H and O–H groups in total. The van der Waals surface area contributed by atoms with Crippen molar-refractivity contribution >= 4 is 35.0 Å². The molecule has 0 spiro atoms. The third-order valence-corrected chi connectivity index (χ3v) is 5.33. The molecule has 0 saturated heterocycles. The molecule has 0 aliphatic carbocycles. The van der Waals surface area contributed by atoms with Crippen LogP contribution < -0.4 is 10.6 Å². The van der Waals surface area contributed by atoms with Gasteiger partial charge in [-0.1, -0.05) is 57.2 Å². The summed E-state index contributed by atoms with van der Waals surface area (Å²) in [5.41, 5.74) is 0.533. The molecule has 3 rings (SSSR count). The van der Waals surface area contributed by atoms with Gasteiger partial charge in [0.25, 0.3) is 0 Å². The van der Waals surface area contributed by atoms with Crippen LogP contribution in [0.25, 0.3) is 5.65 Å². The van der Waals surface area contributed by atoms with Crippen LogP contribution >= 0.6 is 12.2 Å². The van der Waals surface area contributed by atoms with Gasteiger partial charge < -0.3 is 19.2 Å². The molecule has 0 aliphatic heterocycles. The van der Waals surface area contributed by atoms with E-state index in [1.165, 1.54) is 0 Å². The smallest absolute Gasteiger partial charge is 0.413 e. The first kappa shape index (κ1) is 26.2. The fourth-order valence-corrected chi connectivity index (χ4v) is 4.08. The molecule has 1 atom stereocenters. The Labute approximate surface area is 211 Å². The Morgan fingerprint density at radius 1 is 1.11 bits per heavy atom. The maximum absolute atomic E-state index is 13.6. The second-order valence-corrected chi connectivity index (χ2v) is 10.3. The Bertz CT molecular complexity index is 1190. The van der Waals surface area contributed by atoms with Crippen LogP contribution in [0.4, 0.5) is 4.79 Å². The molecule has 1 amide bonds. The van der Waals surface area contributed by atoms with Crippen molar-refractivity contribution in [1.29, 1.82) is 0 Å². The van der Waals surface area contributed by atoms with E-state index in [0.717, 1.165) is 11.2 Å². The maximum Gasteiger partial charge on any atom is 0.413 e. The van der Waals surface area contributed by atoms with E-state index in [1.54, 1.807) is 26.2 Å². The normalized spacial score (nSPS) is 13.2. The van der Waals surface area contributed by atoms with Crippen LogP contribution in [0.1, 0.15) is 52.2 Å². The number of thiocarbonyl (C=S) groups is 1. The number of rotatable bonds is 7. The SMILES string of the molecule is CC(C)OC(=O)[C@](CC(C)(C)C)(NC(=S)NC(=O)OCc1ccccc1)c1ccc2nccn2c1. The molecule has 3 aromatic rings. The molecule has 0 radical (unpaired) electrons. The second kappa shape index (κ2) is 10.9. The minimum atomic E-state index is -1.37. The quantitative estimate of drug-likeness (QED) is 0.361. The monoisotopic (exact) mass is 496 g/mol. The molecule has 1 aromatic carbocycles. The van der Waals surface area contributed by atoms with Gasteiger partial charge in [-0.2, -0.15) is 0 Å². The lowest BCUT2D eigenvalue weighted by atomic mass is 9.76. The molecule has 0 aliphatic rings. The number of amides is 1. The largest absolute Gasteiger partial charge is 0.461 e. The number of fused-ring (bicyclic) bond motifs is 1. The summed E-state index contributed by atoms with van der Waals surface area (Å²) < 4.78 is 12.8. The summed E-state index contributed by atoms with van der Waals surface area (Å²) in [6, 6.07) is 13.0. The lowest BCUT2D eigenvalue weighted by Crippen LogP contribution is -2.58. The molecule has 8 nitrogen and oxygen atoms in total. The highest BCUT2D eigenvalue weighted by Crippen LogP contribution is 2.36. The third kappa shape index (κ3) is 7.02. The van der Waals surface area contributed by atoms with Gasteiger partial charge in [-0.05, 0) is 49.5 Å². The first-order chi connectivity index (χ1) is 16.5. The van der Waals surface area contributed by atoms with Gasteiger partial charge in [0.05, 0.1) is 6.10 Å². The molecular weight excluding hydrogens is 464 g/mol. The van der Waals surface area contributed by atoms with Crippen LogP contribution in [0.3, 0.4) is 0 Å². The number of esters is 1. The number of alkyl carbamates (subject to hydrolysis) is 1. The highest BCUT2D eigenvalue weighted by atomic mass is 32.1. The summed E-state index contributed by atoms with van der Waals surface area (Å²) in [6.07, 6.45) is 4.56. The summed E-state index contributed by atoms with van der Waals surface area (Å²) in [4.78, 5) is 30.4. The Morgan fingerprint density at radius 2 is 1.83 bits per heavy atom. The molecule has 0 fully saturated rings. The van der Waals surface area contributed by atoms with Gasteiger partial charge in [0.2, 0.25) is 0 Å². The Hall–Kier alpha value is -3.46. The number of nitrogens with one attached hydrogen (secondary N) is 2. The van der Waals surface area contributed by atoms with E-state index < -0.39 is 17.6 Å². The zero-order valence-corrected chi connectivity index (χ0v) is 21.5. The number of hydrogen-bond acceptors (Lipinski definition) is 6. The van der Waals surface area contributed by atoms with E-state index in [4.69, 9.17) is 21.7 Å². The average molecular weight is 497 g/mol. The van der Waals surface area contributed by atoms with E-state index in [1.807, 2.05) is 73.8 Å². The highest BCUT2D eigenvalue weighted by Gasteiger charge is 2.46. The summed E-state index contributed by atoms with van der Waals surface area (Å²) in [7, 11) is 0. The molecule has 0 bridgehead atoms. The molecule has 9 heteroatoms.